The minimum atomic E-state index is 0.186. The molecule has 0 aromatic carbocycles. The van der Waals surface area contributed by atoms with E-state index in [2.05, 4.69) is 15.0 Å². The van der Waals surface area contributed by atoms with E-state index in [-0.39, 0.29) is 12.5 Å². The van der Waals surface area contributed by atoms with Gasteiger partial charge in [0.2, 0.25) is 5.91 Å². The summed E-state index contributed by atoms with van der Waals surface area (Å²) < 4.78 is 1.74. The van der Waals surface area contributed by atoms with Crippen LogP contribution in [0.2, 0.25) is 0 Å². The number of aliphatic hydroxyl groups excluding tert-OH is 1. The highest BCUT2D eigenvalue weighted by Crippen LogP contribution is 2.05. The number of β-amino-alcohol motifs (C(OH)–C–C–N with tert-alkyl or cyclic N) is 1. The van der Waals surface area contributed by atoms with Gasteiger partial charge in [-0.25, -0.2) is 4.98 Å². The molecule has 1 aromatic heterocycles. The molecule has 1 aliphatic rings. The molecule has 0 bridgehead atoms. The Morgan fingerprint density at radius 1 is 1.21 bits per heavy atom. The Labute approximate surface area is 112 Å². The average Bonchev–Trinajstić information content (AvgIpc) is 2.93. The summed E-state index contributed by atoms with van der Waals surface area (Å²) in [6.45, 7) is 4.87. The van der Waals surface area contributed by atoms with Crippen molar-refractivity contribution in [1.29, 1.82) is 0 Å². The molecule has 0 atom stereocenters. The van der Waals surface area contributed by atoms with Crippen LogP contribution in [-0.2, 0) is 11.3 Å². The maximum atomic E-state index is 12.0. The maximum absolute atomic E-state index is 12.0. The van der Waals surface area contributed by atoms with E-state index in [0.717, 1.165) is 39.1 Å². The number of carbonyl (C=O) groups excluding carboxylic acids is 1. The van der Waals surface area contributed by atoms with Gasteiger partial charge < -0.3 is 10.0 Å². The number of piperazine rings is 1. The predicted octanol–water partition coefficient (Wildman–Crippen LogP) is -0.805. The lowest BCUT2D eigenvalue weighted by atomic mass is 10.2. The summed E-state index contributed by atoms with van der Waals surface area (Å²) in [7, 11) is 0. The van der Waals surface area contributed by atoms with Crippen molar-refractivity contribution >= 4 is 5.91 Å². The lowest BCUT2D eigenvalue weighted by Gasteiger charge is -2.34. The molecule has 1 saturated heterocycles. The van der Waals surface area contributed by atoms with Gasteiger partial charge in [0.25, 0.3) is 0 Å². The van der Waals surface area contributed by atoms with Gasteiger partial charge in [-0.3, -0.25) is 14.4 Å². The van der Waals surface area contributed by atoms with Crippen molar-refractivity contribution in [2.45, 2.75) is 19.4 Å². The second-order valence-electron chi connectivity index (χ2n) is 4.71. The smallest absolute Gasteiger partial charge is 0.222 e. The molecule has 1 N–H and O–H groups in total. The molecule has 0 unspecified atom stereocenters. The topological polar surface area (TPSA) is 74.5 Å². The first kappa shape index (κ1) is 14.0. The highest BCUT2D eigenvalue weighted by atomic mass is 16.3. The fourth-order valence-corrected chi connectivity index (χ4v) is 2.26. The largest absolute Gasteiger partial charge is 0.395 e. The van der Waals surface area contributed by atoms with Crippen LogP contribution in [-0.4, -0.2) is 74.9 Å². The molecule has 0 aliphatic carbocycles. The summed E-state index contributed by atoms with van der Waals surface area (Å²) in [5, 5.41) is 12.9. The molecular formula is C12H21N5O2. The Hall–Kier alpha value is -1.47. The molecule has 7 heteroatoms. The molecule has 2 rings (SSSR count). The third kappa shape index (κ3) is 4.29. The van der Waals surface area contributed by atoms with Gasteiger partial charge in [0, 0.05) is 45.7 Å². The summed E-state index contributed by atoms with van der Waals surface area (Å²) in [5.41, 5.74) is 0. The van der Waals surface area contributed by atoms with Crippen LogP contribution < -0.4 is 0 Å². The second-order valence-corrected chi connectivity index (χ2v) is 4.71. The van der Waals surface area contributed by atoms with Crippen LogP contribution in [0, 0.1) is 0 Å². The lowest BCUT2D eigenvalue weighted by Crippen LogP contribution is -2.49. The van der Waals surface area contributed by atoms with E-state index in [1.807, 2.05) is 4.90 Å². The number of aromatic nitrogens is 3. The monoisotopic (exact) mass is 267 g/mol. The van der Waals surface area contributed by atoms with Crippen molar-refractivity contribution < 1.29 is 9.90 Å². The number of aryl methyl sites for hydroxylation is 1. The van der Waals surface area contributed by atoms with Crippen molar-refractivity contribution in [3.63, 3.8) is 0 Å². The van der Waals surface area contributed by atoms with Gasteiger partial charge in [0.15, 0.2) is 0 Å². The number of hydrogen-bond donors (Lipinski definition) is 1. The van der Waals surface area contributed by atoms with Crippen molar-refractivity contribution in [3.05, 3.63) is 12.7 Å². The minimum Gasteiger partial charge on any atom is -0.395 e. The molecule has 0 radical (unpaired) electrons. The molecule has 0 saturated carbocycles. The summed E-state index contributed by atoms with van der Waals surface area (Å²) in [6.07, 6.45) is 4.51. The van der Waals surface area contributed by atoms with Crippen LogP contribution in [0.3, 0.4) is 0 Å². The van der Waals surface area contributed by atoms with Gasteiger partial charge in [0.1, 0.15) is 12.7 Å². The first-order chi connectivity index (χ1) is 9.29. The second kappa shape index (κ2) is 7.20. The van der Waals surface area contributed by atoms with Gasteiger partial charge >= 0.3 is 0 Å². The van der Waals surface area contributed by atoms with Crippen molar-refractivity contribution in [2.24, 2.45) is 0 Å². The van der Waals surface area contributed by atoms with Crippen LogP contribution in [0.1, 0.15) is 12.8 Å². The molecule has 19 heavy (non-hydrogen) atoms. The number of rotatable bonds is 6. The lowest BCUT2D eigenvalue weighted by molar-refractivity contribution is -0.133. The molecule has 0 spiro atoms. The molecule has 1 fully saturated rings. The number of carbonyl (C=O) groups is 1. The Kier molecular flexibility index (Phi) is 5.29. The number of amides is 1. The molecule has 106 valence electrons. The van der Waals surface area contributed by atoms with Gasteiger partial charge in [0.05, 0.1) is 6.61 Å². The standard InChI is InChI=1S/C12H21N5O2/c18-9-8-15-4-6-16(7-5-15)12(19)2-1-3-17-11-13-10-14-17/h10-11,18H,1-9H2. The van der Waals surface area contributed by atoms with Gasteiger partial charge in [-0.15, -0.1) is 0 Å². The predicted molar refractivity (Wildman–Crippen MR) is 69.4 cm³/mol. The fourth-order valence-electron chi connectivity index (χ4n) is 2.26. The Morgan fingerprint density at radius 3 is 2.63 bits per heavy atom. The fraction of sp³-hybridized carbons (Fsp3) is 0.750. The van der Waals surface area contributed by atoms with Crippen molar-refractivity contribution in [3.8, 4) is 0 Å². The highest BCUT2D eigenvalue weighted by molar-refractivity contribution is 5.76. The Morgan fingerprint density at radius 2 is 2.00 bits per heavy atom. The van der Waals surface area contributed by atoms with Crippen LogP contribution in [0.5, 0.6) is 0 Å². The highest BCUT2D eigenvalue weighted by Gasteiger charge is 2.20. The molecule has 1 aliphatic heterocycles. The third-order valence-corrected chi connectivity index (χ3v) is 3.39. The van der Waals surface area contributed by atoms with E-state index in [1.165, 1.54) is 6.33 Å². The van der Waals surface area contributed by atoms with E-state index in [1.54, 1.807) is 11.0 Å². The quantitative estimate of drug-likeness (QED) is 0.730. The zero-order chi connectivity index (χ0) is 13.5. The zero-order valence-corrected chi connectivity index (χ0v) is 11.1. The zero-order valence-electron chi connectivity index (χ0n) is 11.1. The SMILES string of the molecule is O=C(CCCn1cncn1)N1CCN(CCO)CC1. The van der Waals surface area contributed by atoms with Crippen LogP contribution >= 0.6 is 0 Å². The molecule has 2 heterocycles. The van der Waals surface area contributed by atoms with E-state index in [4.69, 9.17) is 5.11 Å². The average molecular weight is 267 g/mol. The normalized spacial score (nSPS) is 16.8. The molecule has 1 amide bonds. The maximum Gasteiger partial charge on any atom is 0.222 e. The number of hydrogen-bond acceptors (Lipinski definition) is 5. The first-order valence-electron chi connectivity index (χ1n) is 6.73. The van der Waals surface area contributed by atoms with Crippen molar-refractivity contribution in [1.82, 2.24) is 24.6 Å². The third-order valence-electron chi connectivity index (χ3n) is 3.39. The van der Waals surface area contributed by atoms with Gasteiger partial charge in [-0.2, -0.15) is 5.10 Å². The summed E-state index contributed by atoms with van der Waals surface area (Å²) in [5.74, 6) is 0.212. The molecule has 7 nitrogen and oxygen atoms in total. The van der Waals surface area contributed by atoms with Gasteiger partial charge in [-0.1, -0.05) is 0 Å². The van der Waals surface area contributed by atoms with E-state index in [9.17, 15) is 4.79 Å². The van der Waals surface area contributed by atoms with Crippen molar-refractivity contribution in [2.75, 3.05) is 39.3 Å². The van der Waals surface area contributed by atoms with E-state index >= 15 is 0 Å². The minimum absolute atomic E-state index is 0.186. The summed E-state index contributed by atoms with van der Waals surface area (Å²) in [6, 6.07) is 0. The summed E-state index contributed by atoms with van der Waals surface area (Å²) in [4.78, 5) is 20.0. The number of nitrogens with zero attached hydrogens (tertiary/aromatic N) is 5. The first-order valence-corrected chi connectivity index (χ1v) is 6.73. The Bertz CT molecular complexity index is 373. The van der Waals surface area contributed by atoms with Crippen LogP contribution in [0.15, 0.2) is 12.7 Å². The van der Waals surface area contributed by atoms with Gasteiger partial charge in [-0.05, 0) is 6.42 Å². The molecule has 1 aromatic rings. The number of aliphatic hydroxyl groups is 1. The summed E-state index contributed by atoms with van der Waals surface area (Å²) >= 11 is 0. The van der Waals surface area contributed by atoms with E-state index in [0.29, 0.717) is 13.0 Å². The van der Waals surface area contributed by atoms with Crippen LogP contribution in [0.25, 0.3) is 0 Å². The Balaban J connectivity index is 1.64. The van der Waals surface area contributed by atoms with E-state index < -0.39 is 0 Å². The molecular weight excluding hydrogens is 246 g/mol. The van der Waals surface area contributed by atoms with Crippen LogP contribution in [0.4, 0.5) is 0 Å².